The van der Waals surface area contributed by atoms with Gasteiger partial charge in [-0.3, -0.25) is 4.79 Å². The molecule has 1 aromatic carbocycles. The van der Waals surface area contributed by atoms with Crippen molar-refractivity contribution in [1.82, 2.24) is 24.8 Å². The maximum Gasteiger partial charge on any atom is 0.323 e. The van der Waals surface area contributed by atoms with E-state index < -0.39 is 0 Å². The van der Waals surface area contributed by atoms with E-state index in [-0.39, 0.29) is 11.6 Å². The number of nitrogens with zero attached hydrogens (tertiary/aromatic N) is 4. The number of carbonyl (C=O) groups excluding carboxylic acids is 1. The second-order valence-electron chi connectivity index (χ2n) is 6.05. The minimum absolute atomic E-state index is 0.0888. The molecule has 2 N–H and O–H groups in total. The highest BCUT2D eigenvalue weighted by Crippen LogP contribution is 2.14. The SMILES string of the molecule is O=C(Cc1ccc2[nH]c(=O)[nH]c2c1)N1CCN(c2ncccn2)CC1. The summed E-state index contributed by atoms with van der Waals surface area (Å²) >= 11 is 0. The van der Waals surface area contributed by atoms with E-state index in [1.54, 1.807) is 18.5 Å². The summed E-state index contributed by atoms with van der Waals surface area (Å²) in [5.41, 5.74) is 2.12. The minimum Gasteiger partial charge on any atom is -0.339 e. The molecule has 128 valence electrons. The molecule has 0 atom stereocenters. The molecule has 4 rings (SSSR count). The zero-order valence-corrected chi connectivity index (χ0v) is 13.6. The number of imidazole rings is 1. The van der Waals surface area contributed by atoms with Crippen molar-refractivity contribution in [2.45, 2.75) is 6.42 Å². The van der Waals surface area contributed by atoms with E-state index in [0.717, 1.165) is 29.7 Å². The second kappa shape index (κ2) is 6.39. The molecule has 3 aromatic rings. The minimum atomic E-state index is -0.238. The van der Waals surface area contributed by atoms with Gasteiger partial charge >= 0.3 is 5.69 Å². The second-order valence-corrected chi connectivity index (χ2v) is 6.05. The fraction of sp³-hybridized carbons (Fsp3) is 0.294. The summed E-state index contributed by atoms with van der Waals surface area (Å²) in [6.45, 7) is 2.75. The average molecular weight is 338 g/mol. The zero-order valence-electron chi connectivity index (χ0n) is 13.6. The molecule has 1 saturated heterocycles. The largest absolute Gasteiger partial charge is 0.339 e. The Hall–Kier alpha value is -3.16. The zero-order chi connectivity index (χ0) is 17.2. The molecule has 1 fully saturated rings. The first kappa shape index (κ1) is 15.4. The summed E-state index contributed by atoms with van der Waals surface area (Å²) in [6.07, 6.45) is 3.77. The van der Waals surface area contributed by atoms with E-state index in [4.69, 9.17) is 0 Å². The molecule has 8 heteroatoms. The molecule has 3 heterocycles. The van der Waals surface area contributed by atoms with E-state index in [2.05, 4.69) is 24.8 Å². The standard InChI is InChI=1S/C17H18N6O2/c24-15(11-12-2-3-13-14(10-12)21-17(25)20-13)22-6-8-23(9-7-22)16-18-4-1-5-19-16/h1-5,10H,6-9,11H2,(H2,20,21,25). The van der Waals surface area contributed by atoms with E-state index in [0.29, 0.717) is 25.5 Å². The van der Waals surface area contributed by atoms with Gasteiger partial charge in [-0.1, -0.05) is 6.07 Å². The van der Waals surface area contributed by atoms with Gasteiger partial charge in [0.2, 0.25) is 11.9 Å². The Morgan fingerprint density at radius 2 is 1.76 bits per heavy atom. The Morgan fingerprint density at radius 3 is 2.52 bits per heavy atom. The van der Waals surface area contributed by atoms with Gasteiger partial charge in [0.05, 0.1) is 17.5 Å². The third-order valence-corrected chi connectivity index (χ3v) is 4.40. The van der Waals surface area contributed by atoms with E-state index in [1.807, 2.05) is 23.1 Å². The van der Waals surface area contributed by atoms with Crippen LogP contribution in [-0.2, 0) is 11.2 Å². The van der Waals surface area contributed by atoms with Crippen LogP contribution in [0.3, 0.4) is 0 Å². The molecule has 8 nitrogen and oxygen atoms in total. The van der Waals surface area contributed by atoms with Gasteiger partial charge < -0.3 is 19.8 Å². The van der Waals surface area contributed by atoms with Gasteiger partial charge in [0.25, 0.3) is 0 Å². The lowest BCUT2D eigenvalue weighted by Crippen LogP contribution is -2.49. The fourth-order valence-electron chi connectivity index (χ4n) is 3.09. The summed E-state index contributed by atoms with van der Waals surface area (Å²) in [6, 6.07) is 7.33. The Balaban J connectivity index is 1.39. The van der Waals surface area contributed by atoms with Gasteiger partial charge in [-0.2, -0.15) is 0 Å². The van der Waals surface area contributed by atoms with E-state index in [9.17, 15) is 9.59 Å². The smallest absolute Gasteiger partial charge is 0.323 e. The van der Waals surface area contributed by atoms with Crippen molar-refractivity contribution in [3.63, 3.8) is 0 Å². The van der Waals surface area contributed by atoms with Gasteiger partial charge in [-0.25, -0.2) is 14.8 Å². The van der Waals surface area contributed by atoms with Gasteiger partial charge in [0, 0.05) is 38.6 Å². The first-order valence-corrected chi connectivity index (χ1v) is 8.20. The van der Waals surface area contributed by atoms with Crippen molar-refractivity contribution in [2.75, 3.05) is 31.1 Å². The van der Waals surface area contributed by atoms with Crippen LogP contribution in [0, 0.1) is 0 Å². The summed E-state index contributed by atoms with van der Waals surface area (Å²) < 4.78 is 0. The highest BCUT2D eigenvalue weighted by atomic mass is 16.2. The lowest BCUT2D eigenvalue weighted by molar-refractivity contribution is -0.130. The van der Waals surface area contributed by atoms with Gasteiger partial charge in [-0.15, -0.1) is 0 Å². The number of aromatic amines is 2. The third-order valence-electron chi connectivity index (χ3n) is 4.40. The molecule has 1 aliphatic rings. The van der Waals surface area contributed by atoms with Crippen molar-refractivity contribution >= 4 is 22.9 Å². The summed E-state index contributed by atoms with van der Waals surface area (Å²) in [4.78, 5) is 41.7. The van der Waals surface area contributed by atoms with Crippen LogP contribution < -0.4 is 10.6 Å². The highest BCUT2D eigenvalue weighted by molar-refractivity contribution is 5.81. The monoisotopic (exact) mass is 338 g/mol. The summed E-state index contributed by atoms with van der Waals surface area (Å²) in [5.74, 6) is 0.794. The molecular weight excluding hydrogens is 320 g/mol. The van der Waals surface area contributed by atoms with E-state index >= 15 is 0 Å². The Kier molecular flexibility index (Phi) is 3.93. The number of hydrogen-bond donors (Lipinski definition) is 2. The van der Waals surface area contributed by atoms with Crippen molar-refractivity contribution in [2.24, 2.45) is 0 Å². The van der Waals surface area contributed by atoms with Crippen LogP contribution in [0.25, 0.3) is 11.0 Å². The molecule has 0 aliphatic carbocycles. The molecule has 0 spiro atoms. The van der Waals surface area contributed by atoms with Crippen molar-refractivity contribution in [3.8, 4) is 0 Å². The van der Waals surface area contributed by atoms with Crippen LogP contribution in [0.2, 0.25) is 0 Å². The molecule has 2 aromatic heterocycles. The lowest BCUT2D eigenvalue weighted by Gasteiger charge is -2.34. The first-order chi connectivity index (χ1) is 12.2. The number of hydrogen-bond acceptors (Lipinski definition) is 5. The molecule has 0 bridgehead atoms. The number of carbonyl (C=O) groups is 1. The molecule has 1 amide bonds. The molecule has 0 saturated carbocycles. The molecular formula is C17H18N6O2. The maximum atomic E-state index is 12.5. The predicted molar refractivity (Wildman–Crippen MR) is 93.4 cm³/mol. The average Bonchev–Trinajstić information content (AvgIpc) is 3.02. The van der Waals surface area contributed by atoms with Crippen LogP contribution in [0.5, 0.6) is 0 Å². The van der Waals surface area contributed by atoms with Crippen molar-refractivity contribution in [1.29, 1.82) is 0 Å². The highest BCUT2D eigenvalue weighted by Gasteiger charge is 2.22. The van der Waals surface area contributed by atoms with Crippen molar-refractivity contribution in [3.05, 3.63) is 52.7 Å². The number of nitrogens with one attached hydrogen (secondary N) is 2. The number of aromatic nitrogens is 4. The first-order valence-electron chi connectivity index (χ1n) is 8.20. The third kappa shape index (κ3) is 3.23. The number of H-pyrrole nitrogens is 2. The normalized spacial score (nSPS) is 14.9. The fourth-order valence-corrected chi connectivity index (χ4v) is 3.09. The van der Waals surface area contributed by atoms with Gasteiger partial charge in [0.15, 0.2) is 0 Å². The van der Waals surface area contributed by atoms with Gasteiger partial charge in [0.1, 0.15) is 0 Å². The topological polar surface area (TPSA) is 98.0 Å². The Morgan fingerprint density at radius 1 is 1.04 bits per heavy atom. The number of anilines is 1. The Labute approximate surface area is 143 Å². The quantitative estimate of drug-likeness (QED) is 0.726. The number of fused-ring (bicyclic) bond motifs is 1. The van der Waals surface area contributed by atoms with Crippen LogP contribution in [0.15, 0.2) is 41.5 Å². The number of benzene rings is 1. The number of piperazine rings is 1. The number of amides is 1. The summed E-state index contributed by atoms with van der Waals surface area (Å²) in [5, 5.41) is 0. The molecule has 0 unspecified atom stereocenters. The predicted octanol–water partition coefficient (Wildman–Crippen LogP) is 0.537. The molecule has 25 heavy (non-hydrogen) atoms. The molecule has 0 radical (unpaired) electrons. The van der Waals surface area contributed by atoms with Crippen LogP contribution in [0.4, 0.5) is 5.95 Å². The van der Waals surface area contributed by atoms with Crippen LogP contribution in [0.1, 0.15) is 5.56 Å². The number of rotatable bonds is 3. The summed E-state index contributed by atoms with van der Waals surface area (Å²) in [7, 11) is 0. The van der Waals surface area contributed by atoms with Crippen LogP contribution in [-0.4, -0.2) is 56.9 Å². The Bertz CT molecular complexity index is 940. The van der Waals surface area contributed by atoms with Crippen molar-refractivity contribution < 1.29 is 4.79 Å². The maximum absolute atomic E-state index is 12.5. The van der Waals surface area contributed by atoms with E-state index in [1.165, 1.54) is 0 Å². The lowest BCUT2D eigenvalue weighted by atomic mass is 10.1. The molecule has 1 aliphatic heterocycles. The van der Waals surface area contributed by atoms with Gasteiger partial charge in [-0.05, 0) is 23.8 Å². The van der Waals surface area contributed by atoms with Crippen LogP contribution >= 0.6 is 0 Å².